The van der Waals surface area contributed by atoms with Crippen molar-refractivity contribution in [1.29, 1.82) is 0 Å². The largest absolute Gasteiger partial charge is 0.507 e. The number of aryl methyl sites for hydroxylation is 2. The zero-order chi connectivity index (χ0) is 26.7. The van der Waals surface area contributed by atoms with Gasteiger partial charge in [0.1, 0.15) is 34.5 Å². The molecule has 193 valence electrons. The van der Waals surface area contributed by atoms with E-state index in [-0.39, 0.29) is 93.2 Å². The SMILES string of the molecule is Cc1cc(O)c2c(=O)c3c(O)cc(O)c4c5c(O)cc(O)c6c(=O)c7c(O)cc(C)c8c1c2c(c34)c(c78)c65.[Tb]. The molecule has 0 unspecified atom stereocenters. The molecular formula is C30H16O8Tb. The van der Waals surface area contributed by atoms with Crippen LogP contribution in [0.3, 0.4) is 0 Å². The number of phenolic OH excluding ortho intramolecular Hbond substituents is 6. The fourth-order valence-electron chi connectivity index (χ4n) is 6.98. The van der Waals surface area contributed by atoms with Crippen molar-refractivity contribution in [2.24, 2.45) is 0 Å². The molecule has 9 heteroatoms. The summed E-state index contributed by atoms with van der Waals surface area (Å²) >= 11 is 0. The number of fused-ring (bicyclic) bond motifs is 2. The normalized spacial score (nSPS) is 12.5. The Bertz CT molecular complexity index is 2180. The van der Waals surface area contributed by atoms with Crippen molar-refractivity contribution in [2.45, 2.75) is 13.8 Å². The van der Waals surface area contributed by atoms with Gasteiger partial charge < -0.3 is 30.6 Å². The molecule has 0 aliphatic carbocycles. The minimum Gasteiger partial charge on any atom is -0.507 e. The van der Waals surface area contributed by atoms with Crippen LogP contribution >= 0.6 is 0 Å². The van der Waals surface area contributed by atoms with E-state index in [1.165, 1.54) is 12.1 Å². The van der Waals surface area contributed by atoms with Crippen molar-refractivity contribution < 1.29 is 69.3 Å². The molecule has 0 saturated heterocycles. The zero-order valence-corrected chi connectivity index (χ0v) is 22.3. The van der Waals surface area contributed by atoms with E-state index < -0.39 is 33.9 Å². The third-order valence-corrected chi connectivity index (χ3v) is 8.24. The molecule has 0 aromatic heterocycles. The Labute approximate surface area is 247 Å². The van der Waals surface area contributed by atoms with Crippen molar-refractivity contribution >= 4 is 75.4 Å². The van der Waals surface area contributed by atoms with E-state index in [1.54, 1.807) is 13.8 Å². The van der Waals surface area contributed by atoms with Crippen LogP contribution in [0.4, 0.5) is 0 Å². The van der Waals surface area contributed by atoms with Gasteiger partial charge >= 0.3 is 0 Å². The maximum Gasteiger partial charge on any atom is 0.201 e. The quantitative estimate of drug-likeness (QED) is 0.0970. The monoisotopic (exact) mass is 663 g/mol. The third kappa shape index (κ3) is 2.43. The molecule has 39 heavy (non-hydrogen) atoms. The molecule has 0 atom stereocenters. The van der Waals surface area contributed by atoms with Gasteiger partial charge in [-0.1, -0.05) is 0 Å². The molecular weight excluding hydrogens is 647 g/mol. The second-order valence-electron chi connectivity index (χ2n) is 10.2. The molecule has 0 fully saturated rings. The Kier molecular flexibility index (Phi) is 4.43. The molecule has 8 aromatic carbocycles. The number of hydrogen-bond donors (Lipinski definition) is 6. The zero-order valence-electron chi connectivity index (χ0n) is 20.1. The minimum atomic E-state index is -0.661. The van der Waals surface area contributed by atoms with Crippen LogP contribution in [0.1, 0.15) is 11.1 Å². The van der Waals surface area contributed by atoms with Crippen LogP contribution in [0.2, 0.25) is 0 Å². The molecule has 8 nitrogen and oxygen atoms in total. The summed E-state index contributed by atoms with van der Waals surface area (Å²) in [5.41, 5.74) is -0.112. The van der Waals surface area contributed by atoms with Crippen LogP contribution in [0.25, 0.3) is 75.4 Å². The van der Waals surface area contributed by atoms with Crippen LogP contribution in [-0.2, 0) is 0 Å². The summed E-state index contributed by atoms with van der Waals surface area (Å²) < 4.78 is 0. The predicted octanol–water partition coefficient (Wildman–Crippen LogP) is 5.08. The van der Waals surface area contributed by atoms with Crippen LogP contribution in [0.5, 0.6) is 34.5 Å². The molecule has 8 aromatic rings. The standard InChI is InChI=1S/C30H16O8.Tb/c1-7-3-9(31)19-23-15(7)16-8(2)4-10(32)20-24(16)28-26-18(12(34)6-14(36)22(26)30(20)38)17-11(33)5-13(35)21(29(19)37)25(17)27(23)28;/h3-6,31-36H,1-2H3;. The molecule has 8 rings (SSSR count). The molecule has 0 bridgehead atoms. The van der Waals surface area contributed by atoms with Gasteiger partial charge in [-0.25, -0.2) is 0 Å². The van der Waals surface area contributed by atoms with Crippen molar-refractivity contribution in [3.8, 4) is 34.5 Å². The predicted molar refractivity (Wildman–Crippen MR) is 146 cm³/mol. The Morgan fingerprint density at radius 1 is 0.359 bits per heavy atom. The summed E-state index contributed by atoms with van der Waals surface area (Å²) in [6, 6.07) is 4.86. The molecule has 1 radical (unpaired) electrons. The second-order valence-corrected chi connectivity index (χ2v) is 10.2. The van der Waals surface area contributed by atoms with Crippen molar-refractivity contribution in [1.82, 2.24) is 0 Å². The third-order valence-electron chi connectivity index (χ3n) is 8.24. The maximum absolute atomic E-state index is 13.9. The first-order chi connectivity index (χ1) is 18.0. The summed E-state index contributed by atoms with van der Waals surface area (Å²) in [6.45, 7) is 3.51. The minimum absolute atomic E-state index is 0. The summed E-state index contributed by atoms with van der Waals surface area (Å²) in [7, 11) is 0. The van der Waals surface area contributed by atoms with Gasteiger partial charge in [-0.15, -0.1) is 0 Å². The second kappa shape index (κ2) is 7.16. The first kappa shape index (κ1) is 24.1. The first-order valence-electron chi connectivity index (χ1n) is 11.8. The van der Waals surface area contributed by atoms with E-state index in [9.17, 15) is 40.2 Å². The van der Waals surface area contributed by atoms with E-state index in [1.807, 2.05) is 0 Å². The summed E-state index contributed by atoms with van der Waals surface area (Å²) in [6.07, 6.45) is 0. The average molecular weight is 663 g/mol. The number of aromatic hydroxyl groups is 6. The van der Waals surface area contributed by atoms with Gasteiger partial charge in [0, 0.05) is 93.8 Å². The van der Waals surface area contributed by atoms with Gasteiger partial charge in [-0.2, -0.15) is 0 Å². The van der Waals surface area contributed by atoms with E-state index in [0.717, 1.165) is 12.1 Å². The fourth-order valence-corrected chi connectivity index (χ4v) is 6.98. The number of benzene rings is 8. The molecule has 0 heterocycles. The van der Waals surface area contributed by atoms with Crippen LogP contribution < -0.4 is 10.9 Å². The van der Waals surface area contributed by atoms with Crippen molar-refractivity contribution in [3.63, 3.8) is 0 Å². The Morgan fingerprint density at radius 3 is 0.923 bits per heavy atom. The summed E-state index contributed by atoms with van der Waals surface area (Å²) in [5.74, 6) is -2.51. The molecule has 0 saturated carbocycles. The Morgan fingerprint density at radius 2 is 0.590 bits per heavy atom. The van der Waals surface area contributed by atoms with Crippen molar-refractivity contribution in [3.05, 3.63) is 55.8 Å². The van der Waals surface area contributed by atoms with Gasteiger partial charge in [-0.05, 0) is 47.9 Å². The van der Waals surface area contributed by atoms with E-state index >= 15 is 0 Å². The number of hydrogen-bond acceptors (Lipinski definition) is 8. The van der Waals surface area contributed by atoms with E-state index in [0.29, 0.717) is 43.4 Å². The Hall–Kier alpha value is -3.95. The molecule has 0 spiro atoms. The smallest absolute Gasteiger partial charge is 0.201 e. The van der Waals surface area contributed by atoms with Gasteiger partial charge in [0.25, 0.3) is 0 Å². The Balaban J connectivity index is 0.00000253. The van der Waals surface area contributed by atoms with Gasteiger partial charge in [0.2, 0.25) is 10.9 Å². The topological polar surface area (TPSA) is 156 Å². The summed E-state index contributed by atoms with van der Waals surface area (Å²) in [5, 5.41) is 68.4. The van der Waals surface area contributed by atoms with Crippen LogP contribution in [0, 0.1) is 52.5 Å². The maximum atomic E-state index is 13.9. The fraction of sp³-hybridized carbons (Fsp3) is 0.0667. The van der Waals surface area contributed by atoms with E-state index in [4.69, 9.17) is 0 Å². The molecule has 0 amide bonds. The van der Waals surface area contributed by atoms with Crippen LogP contribution in [-0.4, -0.2) is 30.6 Å². The van der Waals surface area contributed by atoms with Crippen molar-refractivity contribution in [2.75, 3.05) is 0 Å². The molecule has 0 aliphatic heterocycles. The molecule has 0 aliphatic rings. The number of rotatable bonds is 0. The first-order valence-corrected chi connectivity index (χ1v) is 11.8. The average Bonchev–Trinajstić information content (AvgIpc) is 2.82. The van der Waals surface area contributed by atoms with Gasteiger partial charge in [-0.3, -0.25) is 9.59 Å². The molecule has 6 N–H and O–H groups in total. The van der Waals surface area contributed by atoms with E-state index in [2.05, 4.69) is 0 Å². The number of phenols is 6. The van der Waals surface area contributed by atoms with Gasteiger partial charge in [0.15, 0.2) is 0 Å². The van der Waals surface area contributed by atoms with Gasteiger partial charge in [0.05, 0.1) is 21.5 Å². The van der Waals surface area contributed by atoms with Crippen LogP contribution in [0.15, 0.2) is 33.9 Å². The summed E-state index contributed by atoms with van der Waals surface area (Å²) in [4.78, 5) is 27.8.